The Labute approximate surface area is 268 Å². The van der Waals surface area contributed by atoms with Crippen molar-refractivity contribution in [2.24, 2.45) is 0 Å². The van der Waals surface area contributed by atoms with E-state index < -0.39 is 0 Å². The summed E-state index contributed by atoms with van der Waals surface area (Å²) in [7, 11) is 0. The van der Waals surface area contributed by atoms with Crippen molar-refractivity contribution in [3.63, 3.8) is 0 Å². The zero-order valence-corrected chi connectivity index (χ0v) is 25.8. The first kappa shape index (κ1) is 27.7. The molecule has 8 rings (SSSR count). The maximum absolute atomic E-state index is 4.98. The molecule has 5 nitrogen and oxygen atoms in total. The van der Waals surface area contributed by atoms with Crippen LogP contribution in [0.5, 0.6) is 0 Å². The minimum absolute atomic E-state index is 0.686. The van der Waals surface area contributed by atoms with Crippen LogP contribution in [-0.4, -0.2) is 24.9 Å². The second-order valence-electron chi connectivity index (χ2n) is 11.8. The summed E-state index contributed by atoms with van der Waals surface area (Å²) < 4.78 is 0. The lowest BCUT2D eigenvalue weighted by atomic mass is 9.95. The van der Waals surface area contributed by atoms with Crippen LogP contribution >= 0.6 is 0 Å². The van der Waals surface area contributed by atoms with E-state index in [1.165, 1.54) is 5.57 Å². The van der Waals surface area contributed by atoms with Crippen LogP contribution in [0.3, 0.4) is 0 Å². The fraction of sp³-hybridized carbons (Fsp3) is 0.0976. The molecule has 5 heteroatoms. The Kier molecular flexibility index (Phi) is 6.99. The Morgan fingerprint density at radius 1 is 0.587 bits per heavy atom. The van der Waals surface area contributed by atoms with Gasteiger partial charge in [-0.3, -0.25) is 15.0 Å². The Hall–Kier alpha value is -5.81. The van der Waals surface area contributed by atoms with Crippen molar-refractivity contribution in [2.75, 3.05) is 0 Å². The predicted molar refractivity (Wildman–Crippen MR) is 188 cm³/mol. The Balaban J connectivity index is 1.17. The lowest BCUT2D eigenvalue weighted by molar-refractivity contribution is 1.03. The van der Waals surface area contributed by atoms with Gasteiger partial charge in [-0.15, -0.1) is 0 Å². The number of allylic oxidation sites excluding steroid dienone is 4. The van der Waals surface area contributed by atoms with E-state index in [-0.39, 0.29) is 0 Å². The summed E-state index contributed by atoms with van der Waals surface area (Å²) in [6, 6.07) is 34.1. The minimum atomic E-state index is 0.686. The average Bonchev–Trinajstić information content (AvgIpc) is 3.12. The third-order valence-corrected chi connectivity index (χ3v) is 8.58. The highest BCUT2D eigenvalue weighted by atomic mass is 14.9. The molecular formula is C41H31N5. The molecule has 0 bridgehead atoms. The van der Waals surface area contributed by atoms with Crippen molar-refractivity contribution in [3.8, 4) is 44.9 Å². The number of aromatic nitrogens is 5. The number of benzene rings is 3. The van der Waals surface area contributed by atoms with Crippen LogP contribution in [0.1, 0.15) is 29.9 Å². The molecule has 0 fully saturated rings. The molecule has 3 aromatic carbocycles. The molecular weight excluding hydrogens is 562 g/mol. The van der Waals surface area contributed by atoms with Crippen LogP contribution < -0.4 is 0 Å². The summed E-state index contributed by atoms with van der Waals surface area (Å²) in [4.78, 5) is 24.0. The van der Waals surface area contributed by atoms with Gasteiger partial charge in [0.25, 0.3) is 0 Å². The first-order valence-electron chi connectivity index (χ1n) is 15.6. The van der Waals surface area contributed by atoms with Crippen LogP contribution in [0.15, 0.2) is 128 Å². The van der Waals surface area contributed by atoms with Crippen molar-refractivity contribution in [1.82, 2.24) is 24.9 Å². The lowest BCUT2D eigenvalue weighted by Gasteiger charge is -2.13. The average molecular weight is 594 g/mol. The summed E-state index contributed by atoms with van der Waals surface area (Å²) in [5.74, 6) is 0.686. The van der Waals surface area contributed by atoms with Gasteiger partial charge >= 0.3 is 0 Å². The molecule has 0 saturated carbocycles. The summed E-state index contributed by atoms with van der Waals surface area (Å²) in [5.41, 5.74) is 13.5. The molecule has 0 amide bonds. The quantitative estimate of drug-likeness (QED) is 0.186. The molecule has 0 atom stereocenters. The van der Waals surface area contributed by atoms with E-state index in [1.807, 2.05) is 25.3 Å². The molecule has 46 heavy (non-hydrogen) atoms. The fourth-order valence-corrected chi connectivity index (χ4v) is 6.24. The normalized spacial score (nSPS) is 12.9. The van der Waals surface area contributed by atoms with Crippen molar-refractivity contribution >= 4 is 27.4 Å². The highest BCUT2D eigenvalue weighted by Crippen LogP contribution is 2.35. The van der Waals surface area contributed by atoms with Gasteiger partial charge in [0.1, 0.15) is 0 Å². The van der Waals surface area contributed by atoms with E-state index in [0.29, 0.717) is 5.82 Å². The van der Waals surface area contributed by atoms with E-state index in [0.717, 1.165) is 90.8 Å². The van der Waals surface area contributed by atoms with Crippen molar-refractivity contribution in [2.45, 2.75) is 26.7 Å². The van der Waals surface area contributed by atoms with Gasteiger partial charge in [0.05, 0.1) is 22.4 Å². The Bertz CT molecular complexity index is 2320. The molecule has 220 valence electrons. The minimum Gasteiger partial charge on any atom is -0.264 e. The molecule has 0 saturated heterocycles. The number of rotatable bonds is 5. The Morgan fingerprint density at radius 2 is 1.37 bits per heavy atom. The standard InChI is InChI=1S/C41H31N5/c1-26-13-14-31-19-20-35-36(22-27(2)44-40(35)39(31)43-26)33-11-6-10-32(23-33)28-15-17-30(18-16-28)38-24-37(29-8-4-3-5-9-29)45-41(46-38)34-12-7-21-42-25-34/h3-4,6-8,10-25H,5,9H2,1-2H3. The molecule has 4 aromatic heterocycles. The summed E-state index contributed by atoms with van der Waals surface area (Å²) in [6.45, 7) is 4.08. The molecule has 0 unspecified atom stereocenters. The third kappa shape index (κ3) is 5.26. The van der Waals surface area contributed by atoms with Gasteiger partial charge in [-0.25, -0.2) is 9.97 Å². The van der Waals surface area contributed by atoms with Crippen LogP contribution in [0.4, 0.5) is 0 Å². The van der Waals surface area contributed by atoms with E-state index in [4.69, 9.17) is 19.9 Å². The van der Waals surface area contributed by atoms with Gasteiger partial charge in [-0.2, -0.15) is 0 Å². The largest absolute Gasteiger partial charge is 0.264 e. The van der Waals surface area contributed by atoms with Crippen LogP contribution in [-0.2, 0) is 0 Å². The van der Waals surface area contributed by atoms with Crippen LogP contribution in [0.2, 0.25) is 0 Å². The molecule has 0 aliphatic heterocycles. The maximum atomic E-state index is 4.98. The molecule has 0 spiro atoms. The topological polar surface area (TPSA) is 64.5 Å². The van der Waals surface area contributed by atoms with Gasteiger partial charge in [0.15, 0.2) is 5.82 Å². The number of pyridine rings is 3. The van der Waals surface area contributed by atoms with Crippen molar-refractivity contribution in [3.05, 3.63) is 145 Å². The second-order valence-corrected chi connectivity index (χ2v) is 11.8. The van der Waals surface area contributed by atoms with Crippen LogP contribution in [0.25, 0.3) is 72.3 Å². The van der Waals surface area contributed by atoms with E-state index in [9.17, 15) is 0 Å². The number of hydrogen-bond acceptors (Lipinski definition) is 5. The smallest absolute Gasteiger partial charge is 0.161 e. The maximum Gasteiger partial charge on any atom is 0.161 e. The van der Waals surface area contributed by atoms with Gasteiger partial charge in [-0.05, 0) is 90.9 Å². The molecule has 1 aliphatic rings. The SMILES string of the molecule is Cc1ccc2ccc3c(-c4cccc(-c5ccc(-c6cc(C7=CC=CCC7)nc(-c7cccnc7)n6)cc5)c4)cc(C)nc3c2n1. The zero-order chi connectivity index (χ0) is 31.0. The second kappa shape index (κ2) is 11.6. The lowest BCUT2D eigenvalue weighted by Crippen LogP contribution is -1.99. The van der Waals surface area contributed by atoms with Gasteiger partial charge in [0.2, 0.25) is 0 Å². The number of nitrogens with zero attached hydrogens (tertiary/aromatic N) is 5. The zero-order valence-electron chi connectivity index (χ0n) is 25.8. The molecule has 1 aliphatic carbocycles. The Morgan fingerprint density at radius 3 is 2.20 bits per heavy atom. The van der Waals surface area contributed by atoms with Crippen molar-refractivity contribution in [1.29, 1.82) is 0 Å². The van der Waals surface area contributed by atoms with Gasteiger partial charge in [0, 0.05) is 45.7 Å². The predicted octanol–water partition coefficient (Wildman–Crippen LogP) is 9.99. The number of aryl methyl sites for hydroxylation is 2. The first-order chi connectivity index (χ1) is 22.6. The molecule has 4 heterocycles. The molecule has 7 aromatic rings. The molecule has 0 N–H and O–H groups in total. The summed E-state index contributed by atoms with van der Waals surface area (Å²) >= 11 is 0. The fourth-order valence-electron chi connectivity index (χ4n) is 6.24. The third-order valence-electron chi connectivity index (χ3n) is 8.58. The van der Waals surface area contributed by atoms with Gasteiger partial charge < -0.3 is 0 Å². The molecule has 0 radical (unpaired) electrons. The highest BCUT2D eigenvalue weighted by Gasteiger charge is 2.14. The van der Waals surface area contributed by atoms with E-state index in [1.54, 1.807) is 6.20 Å². The van der Waals surface area contributed by atoms with Crippen molar-refractivity contribution < 1.29 is 0 Å². The summed E-state index contributed by atoms with van der Waals surface area (Å²) in [5, 5.41) is 2.21. The summed E-state index contributed by atoms with van der Waals surface area (Å²) in [6.07, 6.45) is 12.0. The van der Waals surface area contributed by atoms with E-state index in [2.05, 4.69) is 115 Å². The number of fused-ring (bicyclic) bond motifs is 3. The van der Waals surface area contributed by atoms with Crippen LogP contribution in [0, 0.1) is 13.8 Å². The first-order valence-corrected chi connectivity index (χ1v) is 15.6. The van der Waals surface area contributed by atoms with E-state index >= 15 is 0 Å². The monoisotopic (exact) mass is 593 g/mol. The van der Waals surface area contributed by atoms with Gasteiger partial charge in [-0.1, -0.05) is 78.9 Å². The number of hydrogen-bond donors (Lipinski definition) is 0. The highest BCUT2D eigenvalue weighted by molar-refractivity contribution is 6.08.